The normalized spacial score (nSPS) is 10.9. The van der Waals surface area contributed by atoms with Gasteiger partial charge >= 0.3 is 5.97 Å². The summed E-state index contributed by atoms with van der Waals surface area (Å²) in [6, 6.07) is 14.8. The quantitative estimate of drug-likeness (QED) is 0.481. The van der Waals surface area contributed by atoms with Crippen molar-refractivity contribution in [3.05, 3.63) is 71.3 Å². The van der Waals surface area contributed by atoms with Gasteiger partial charge in [0.1, 0.15) is 0 Å². The Labute approximate surface area is 135 Å². The second-order valence-corrected chi connectivity index (χ2v) is 5.72. The molecule has 0 atom stereocenters. The zero-order valence-electron chi connectivity index (χ0n) is 13.3. The highest BCUT2D eigenvalue weighted by molar-refractivity contribution is 6.19. The molecular weight excluding hydrogens is 292 g/mol. The SMILES string of the molecule is COC(=O)c1ccc(C(=O)C(C)(C)C(=O)c2ccccc2)cc1. The first-order valence-corrected chi connectivity index (χ1v) is 7.21. The molecule has 118 valence electrons. The Hall–Kier alpha value is -2.75. The summed E-state index contributed by atoms with van der Waals surface area (Å²) < 4.78 is 4.62. The minimum Gasteiger partial charge on any atom is -0.465 e. The van der Waals surface area contributed by atoms with Crippen LogP contribution in [0.25, 0.3) is 0 Å². The van der Waals surface area contributed by atoms with E-state index in [9.17, 15) is 14.4 Å². The van der Waals surface area contributed by atoms with Crippen LogP contribution in [-0.4, -0.2) is 24.6 Å². The fourth-order valence-corrected chi connectivity index (χ4v) is 2.29. The highest BCUT2D eigenvalue weighted by Crippen LogP contribution is 2.27. The third-order valence-electron chi connectivity index (χ3n) is 3.74. The van der Waals surface area contributed by atoms with Crippen molar-refractivity contribution in [2.75, 3.05) is 7.11 Å². The molecule has 0 radical (unpaired) electrons. The second-order valence-electron chi connectivity index (χ2n) is 5.72. The number of hydrogen-bond acceptors (Lipinski definition) is 4. The van der Waals surface area contributed by atoms with E-state index in [1.165, 1.54) is 31.4 Å². The Morgan fingerprint density at radius 3 is 1.65 bits per heavy atom. The van der Waals surface area contributed by atoms with E-state index in [0.29, 0.717) is 16.7 Å². The van der Waals surface area contributed by atoms with E-state index in [1.807, 2.05) is 6.07 Å². The second kappa shape index (κ2) is 6.57. The summed E-state index contributed by atoms with van der Waals surface area (Å²) >= 11 is 0. The molecule has 0 spiro atoms. The maximum absolute atomic E-state index is 12.7. The molecule has 0 aliphatic heterocycles. The van der Waals surface area contributed by atoms with Gasteiger partial charge in [0.2, 0.25) is 0 Å². The topological polar surface area (TPSA) is 60.4 Å². The molecule has 0 unspecified atom stereocenters. The zero-order chi connectivity index (χ0) is 17.0. The Morgan fingerprint density at radius 2 is 1.17 bits per heavy atom. The lowest BCUT2D eigenvalue weighted by Gasteiger charge is -2.21. The van der Waals surface area contributed by atoms with E-state index < -0.39 is 11.4 Å². The lowest BCUT2D eigenvalue weighted by atomic mass is 9.78. The predicted molar refractivity (Wildman–Crippen MR) is 86.7 cm³/mol. The first-order valence-electron chi connectivity index (χ1n) is 7.21. The van der Waals surface area contributed by atoms with Crippen molar-refractivity contribution in [2.45, 2.75) is 13.8 Å². The molecule has 2 aromatic carbocycles. The summed E-state index contributed by atoms with van der Waals surface area (Å²) in [5, 5.41) is 0. The molecule has 4 heteroatoms. The van der Waals surface area contributed by atoms with E-state index in [2.05, 4.69) is 4.74 Å². The third-order valence-corrected chi connectivity index (χ3v) is 3.74. The van der Waals surface area contributed by atoms with Gasteiger partial charge in [-0.25, -0.2) is 4.79 Å². The fourth-order valence-electron chi connectivity index (χ4n) is 2.29. The molecule has 2 aromatic rings. The summed E-state index contributed by atoms with van der Waals surface area (Å²) in [5.74, 6) is -0.994. The molecule has 2 rings (SSSR count). The molecule has 0 fully saturated rings. The lowest BCUT2D eigenvalue weighted by Crippen LogP contribution is -2.33. The molecule has 0 saturated carbocycles. The van der Waals surface area contributed by atoms with Crippen molar-refractivity contribution in [3.63, 3.8) is 0 Å². The summed E-state index contributed by atoms with van der Waals surface area (Å²) in [6.07, 6.45) is 0. The van der Waals surface area contributed by atoms with E-state index in [-0.39, 0.29) is 11.6 Å². The average molecular weight is 310 g/mol. The average Bonchev–Trinajstić information content (AvgIpc) is 2.60. The first kappa shape index (κ1) is 16.6. The Bertz CT molecular complexity index is 728. The standard InChI is InChI=1S/C19H18O4/c1-19(2,16(20)13-7-5-4-6-8-13)17(21)14-9-11-15(12-10-14)18(22)23-3/h4-12H,1-3H3. The lowest BCUT2D eigenvalue weighted by molar-refractivity contribution is 0.0599. The summed E-state index contributed by atoms with van der Waals surface area (Å²) in [7, 11) is 1.29. The Kier molecular flexibility index (Phi) is 4.74. The van der Waals surface area contributed by atoms with Crippen LogP contribution in [0.1, 0.15) is 44.9 Å². The molecule has 0 amide bonds. The van der Waals surface area contributed by atoms with Gasteiger partial charge in [-0.3, -0.25) is 9.59 Å². The fraction of sp³-hybridized carbons (Fsp3) is 0.211. The molecule has 0 aromatic heterocycles. The van der Waals surface area contributed by atoms with E-state index in [1.54, 1.807) is 38.1 Å². The smallest absolute Gasteiger partial charge is 0.337 e. The van der Waals surface area contributed by atoms with Gasteiger partial charge in [-0.1, -0.05) is 42.5 Å². The van der Waals surface area contributed by atoms with Crippen LogP contribution in [0.3, 0.4) is 0 Å². The van der Waals surface area contributed by atoms with Crippen LogP contribution in [0.5, 0.6) is 0 Å². The maximum Gasteiger partial charge on any atom is 0.337 e. The van der Waals surface area contributed by atoms with Crippen molar-refractivity contribution in [1.29, 1.82) is 0 Å². The Morgan fingerprint density at radius 1 is 0.739 bits per heavy atom. The van der Waals surface area contributed by atoms with E-state index in [0.717, 1.165) is 0 Å². The monoisotopic (exact) mass is 310 g/mol. The number of Topliss-reactive ketones (excluding diaryl/α,β-unsaturated/α-hetero) is 2. The summed E-state index contributed by atoms with van der Waals surface area (Å²) in [6.45, 7) is 3.22. The van der Waals surface area contributed by atoms with Crippen molar-refractivity contribution in [3.8, 4) is 0 Å². The number of carbonyl (C=O) groups excluding carboxylic acids is 3. The van der Waals surface area contributed by atoms with Crippen LogP contribution >= 0.6 is 0 Å². The van der Waals surface area contributed by atoms with Crippen molar-refractivity contribution >= 4 is 17.5 Å². The van der Waals surface area contributed by atoms with Gasteiger partial charge in [-0.2, -0.15) is 0 Å². The van der Waals surface area contributed by atoms with Crippen LogP contribution in [0.15, 0.2) is 54.6 Å². The van der Waals surface area contributed by atoms with Crippen LogP contribution in [0.4, 0.5) is 0 Å². The minimum absolute atomic E-state index is 0.236. The number of methoxy groups -OCH3 is 1. The van der Waals surface area contributed by atoms with Crippen LogP contribution in [0, 0.1) is 5.41 Å². The van der Waals surface area contributed by atoms with Crippen LogP contribution in [-0.2, 0) is 4.74 Å². The number of hydrogen-bond donors (Lipinski definition) is 0. The molecular formula is C19H18O4. The van der Waals surface area contributed by atoms with Gasteiger partial charge in [0, 0.05) is 11.1 Å². The van der Waals surface area contributed by atoms with E-state index in [4.69, 9.17) is 0 Å². The summed E-state index contributed by atoms with van der Waals surface area (Å²) in [5.41, 5.74) is 0.0499. The highest BCUT2D eigenvalue weighted by Gasteiger charge is 2.36. The van der Waals surface area contributed by atoms with Crippen LogP contribution < -0.4 is 0 Å². The van der Waals surface area contributed by atoms with Gasteiger partial charge in [0.15, 0.2) is 11.6 Å². The van der Waals surface area contributed by atoms with Gasteiger partial charge in [-0.15, -0.1) is 0 Å². The van der Waals surface area contributed by atoms with Gasteiger partial charge in [0.05, 0.1) is 18.1 Å². The Balaban J connectivity index is 2.28. The molecule has 4 nitrogen and oxygen atoms in total. The van der Waals surface area contributed by atoms with Crippen molar-refractivity contribution in [2.24, 2.45) is 5.41 Å². The molecule has 0 saturated heterocycles. The highest BCUT2D eigenvalue weighted by atomic mass is 16.5. The predicted octanol–water partition coefficient (Wildman–Crippen LogP) is 3.57. The van der Waals surface area contributed by atoms with Gasteiger partial charge < -0.3 is 4.74 Å². The minimum atomic E-state index is -1.19. The molecule has 0 aliphatic rings. The van der Waals surface area contributed by atoms with Gasteiger partial charge in [0.25, 0.3) is 0 Å². The first-order chi connectivity index (χ1) is 10.9. The number of ketones is 2. The zero-order valence-corrected chi connectivity index (χ0v) is 13.3. The van der Waals surface area contributed by atoms with E-state index >= 15 is 0 Å². The van der Waals surface area contributed by atoms with Crippen LogP contribution in [0.2, 0.25) is 0 Å². The summed E-state index contributed by atoms with van der Waals surface area (Å²) in [4.78, 5) is 36.7. The van der Waals surface area contributed by atoms with Crippen molar-refractivity contribution < 1.29 is 19.1 Å². The molecule has 0 N–H and O–H groups in total. The number of esters is 1. The molecule has 23 heavy (non-hydrogen) atoms. The molecule has 0 heterocycles. The number of carbonyl (C=O) groups is 3. The third kappa shape index (κ3) is 3.37. The number of benzene rings is 2. The number of rotatable bonds is 5. The van der Waals surface area contributed by atoms with Crippen molar-refractivity contribution in [1.82, 2.24) is 0 Å². The largest absolute Gasteiger partial charge is 0.465 e. The van der Waals surface area contributed by atoms with Gasteiger partial charge in [-0.05, 0) is 26.0 Å². The maximum atomic E-state index is 12.7. The molecule has 0 aliphatic carbocycles. The number of ether oxygens (including phenoxy) is 1. The molecule has 0 bridgehead atoms.